The molecule has 1 heterocycles. The molecular weight excluding hydrogens is 301 g/mol. The van der Waals surface area contributed by atoms with E-state index in [1.165, 1.54) is 17.4 Å². The van der Waals surface area contributed by atoms with Gasteiger partial charge in [-0.25, -0.2) is 4.39 Å². The van der Waals surface area contributed by atoms with Crippen LogP contribution >= 0.6 is 11.3 Å². The third-order valence-corrected chi connectivity index (χ3v) is 4.43. The van der Waals surface area contributed by atoms with E-state index in [9.17, 15) is 9.18 Å². The first-order chi connectivity index (χ1) is 10.6. The first-order valence-corrected chi connectivity index (χ1v) is 7.54. The zero-order valence-electron chi connectivity index (χ0n) is 12.1. The van der Waals surface area contributed by atoms with Gasteiger partial charge in [0.05, 0.1) is 17.7 Å². The van der Waals surface area contributed by atoms with Gasteiger partial charge in [-0.1, -0.05) is 12.1 Å². The highest BCUT2D eigenvalue weighted by Gasteiger charge is 2.14. The lowest BCUT2D eigenvalue weighted by molar-refractivity contribution is 0.103. The lowest BCUT2D eigenvalue weighted by atomic mass is 10.2. The predicted octanol–water partition coefficient (Wildman–Crippen LogP) is 4.61. The number of carbonyl (C=O) groups is 1. The van der Waals surface area contributed by atoms with E-state index in [-0.39, 0.29) is 11.7 Å². The van der Waals surface area contributed by atoms with Crippen LogP contribution in [0.1, 0.15) is 15.2 Å². The molecule has 2 aromatic carbocycles. The number of fused-ring (bicyclic) bond motifs is 1. The van der Waals surface area contributed by atoms with E-state index in [4.69, 9.17) is 4.74 Å². The standard InChI is InChI=1S/C17H14FNO2S/c1-10-6-7-14(21-2)13(8-10)19-17(20)16-9-11-12(18)4-3-5-15(11)22-16/h3-9H,1-2H3,(H,19,20). The van der Waals surface area contributed by atoms with Crippen molar-refractivity contribution in [3.63, 3.8) is 0 Å². The van der Waals surface area contributed by atoms with Crippen molar-refractivity contribution in [3.05, 3.63) is 58.7 Å². The Bertz CT molecular complexity index is 857. The largest absolute Gasteiger partial charge is 0.495 e. The maximum Gasteiger partial charge on any atom is 0.265 e. The molecule has 1 N–H and O–H groups in total. The first-order valence-electron chi connectivity index (χ1n) is 6.72. The van der Waals surface area contributed by atoms with E-state index in [0.717, 1.165) is 10.3 Å². The number of nitrogens with one attached hydrogen (secondary N) is 1. The summed E-state index contributed by atoms with van der Waals surface area (Å²) in [6, 6.07) is 11.9. The van der Waals surface area contributed by atoms with Crippen LogP contribution in [0.25, 0.3) is 10.1 Å². The number of halogens is 1. The molecule has 0 aliphatic heterocycles. The Morgan fingerprint density at radius 3 is 2.77 bits per heavy atom. The molecule has 1 amide bonds. The minimum atomic E-state index is -0.319. The third kappa shape index (κ3) is 2.67. The normalized spacial score (nSPS) is 10.7. The van der Waals surface area contributed by atoms with Crippen molar-refractivity contribution in [1.82, 2.24) is 0 Å². The maximum absolute atomic E-state index is 13.7. The van der Waals surface area contributed by atoms with Gasteiger partial charge in [0.25, 0.3) is 5.91 Å². The van der Waals surface area contributed by atoms with E-state index in [0.29, 0.717) is 21.7 Å². The molecule has 0 fully saturated rings. The van der Waals surface area contributed by atoms with Crippen LogP contribution in [0.5, 0.6) is 5.75 Å². The van der Waals surface area contributed by atoms with Crippen molar-refractivity contribution in [2.24, 2.45) is 0 Å². The van der Waals surface area contributed by atoms with Gasteiger partial charge in [-0.2, -0.15) is 0 Å². The fourth-order valence-corrected chi connectivity index (χ4v) is 3.21. The lowest BCUT2D eigenvalue weighted by Crippen LogP contribution is -2.11. The average molecular weight is 315 g/mol. The number of amides is 1. The summed E-state index contributed by atoms with van der Waals surface area (Å²) >= 11 is 1.26. The summed E-state index contributed by atoms with van der Waals surface area (Å²) in [7, 11) is 1.55. The Morgan fingerprint density at radius 1 is 1.23 bits per heavy atom. The number of aryl methyl sites for hydroxylation is 1. The summed E-state index contributed by atoms with van der Waals surface area (Å²) in [6.45, 7) is 1.93. The molecular formula is C17H14FNO2S. The smallest absolute Gasteiger partial charge is 0.265 e. The second kappa shape index (κ2) is 5.77. The molecule has 1 aromatic heterocycles. The van der Waals surface area contributed by atoms with Crippen LogP contribution in [0, 0.1) is 12.7 Å². The molecule has 22 heavy (non-hydrogen) atoms. The van der Waals surface area contributed by atoms with Crippen LogP contribution in [0.4, 0.5) is 10.1 Å². The van der Waals surface area contributed by atoms with Crippen molar-refractivity contribution in [2.75, 3.05) is 12.4 Å². The minimum Gasteiger partial charge on any atom is -0.495 e. The summed E-state index contributed by atoms with van der Waals surface area (Å²) < 4.78 is 19.7. The summed E-state index contributed by atoms with van der Waals surface area (Å²) in [5.74, 6) is -0.00308. The first kappa shape index (κ1) is 14.5. The maximum atomic E-state index is 13.7. The molecule has 0 saturated carbocycles. The van der Waals surface area contributed by atoms with Crippen molar-refractivity contribution < 1.29 is 13.9 Å². The Labute approximate surface area is 131 Å². The average Bonchev–Trinajstić information content (AvgIpc) is 2.93. The van der Waals surface area contributed by atoms with Crippen LogP contribution in [0.15, 0.2) is 42.5 Å². The van der Waals surface area contributed by atoms with Gasteiger partial charge in [-0.3, -0.25) is 4.79 Å². The second-order valence-electron chi connectivity index (χ2n) is 4.92. The summed E-state index contributed by atoms with van der Waals surface area (Å²) in [5, 5.41) is 3.29. The monoisotopic (exact) mass is 315 g/mol. The number of rotatable bonds is 3. The molecule has 0 aliphatic carbocycles. The number of anilines is 1. The Morgan fingerprint density at radius 2 is 2.05 bits per heavy atom. The Balaban J connectivity index is 1.93. The zero-order chi connectivity index (χ0) is 15.7. The van der Waals surface area contributed by atoms with E-state index in [2.05, 4.69) is 5.32 Å². The van der Waals surface area contributed by atoms with Gasteiger partial charge >= 0.3 is 0 Å². The fraction of sp³-hybridized carbons (Fsp3) is 0.118. The van der Waals surface area contributed by atoms with E-state index in [1.807, 2.05) is 19.1 Å². The second-order valence-corrected chi connectivity index (χ2v) is 6.00. The van der Waals surface area contributed by atoms with Crippen LogP contribution < -0.4 is 10.1 Å². The Hall–Kier alpha value is -2.40. The van der Waals surface area contributed by atoms with Crippen molar-refractivity contribution in [1.29, 1.82) is 0 Å². The van der Waals surface area contributed by atoms with Gasteiger partial charge in [-0.15, -0.1) is 11.3 Å². The number of hydrogen-bond acceptors (Lipinski definition) is 3. The molecule has 0 atom stereocenters. The van der Waals surface area contributed by atoms with E-state index >= 15 is 0 Å². The number of methoxy groups -OCH3 is 1. The van der Waals surface area contributed by atoms with Crippen molar-refractivity contribution in [2.45, 2.75) is 6.92 Å². The third-order valence-electron chi connectivity index (χ3n) is 3.34. The number of hydrogen-bond donors (Lipinski definition) is 1. The van der Waals surface area contributed by atoms with Gasteiger partial charge in [-0.05, 0) is 42.8 Å². The van der Waals surface area contributed by atoms with Crippen LogP contribution in [0.2, 0.25) is 0 Å². The number of ether oxygens (including phenoxy) is 1. The minimum absolute atomic E-state index is 0.274. The highest BCUT2D eigenvalue weighted by atomic mass is 32.1. The van der Waals surface area contributed by atoms with E-state index in [1.54, 1.807) is 31.4 Å². The predicted molar refractivity (Wildman–Crippen MR) is 87.5 cm³/mol. The molecule has 3 nitrogen and oxygen atoms in total. The molecule has 3 aromatic rings. The molecule has 0 aliphatic rings. The summed E-state index contributed by atoms with van der Waals surface area (Å²) in [5.41, 5.74) is 1.61. The quantitative estimate of drug-likeness (QED) is 0.766. The van der Waals surface area contributed by atoms with Gasteiger partial charge in [0.2, 0.25) is 0 Å². The van der Waals surface area contributed by atoms with Crippen LogP contribution in [-0.2, 0) is 0 Å². The summed E-state index contributed by atoms with van der Waals surface area (Å²) in [6.07, 6.45) is 0. The van der Waals surface area contributed by atoms with Crippen LogP contribution in [-0.4, -0.2) is 13.0 Å². The topological polar surface area (TPSA) is 38.3 Å². The van der Waals surface area contributed by atoms with Gasteiger partial charge < -0.3 is 10.1 Å². The number of benzene rings is 2. The van der Waals surface area contributed by atoms with Crippen molar-refractivity contribution >= 4 is 33.0 Å². The summed E-state index contributed by atoms with van der Waals surface area (Å²) in [4.78, 5) is 12.9. The van der Waals surface area contributed by atoms with Gasteiger partial charge in [0.15, 0.2) is 0 Å². The zero-order valence-corrected chi connectivity index (χ0v) is 13.0. The molecule has 0 saturated heterocycles. The molecule has 0 spiro atoms. The van der Waals surface area contributed by atoms with E-state index < -0.39 is 0 Å². The molecule has 3 rings (SSSR count). The number of thiophene rings is 1. The Kier molecular flexibility index (Phi) is 3.81. The van der Waals surface area contributed by atoms with Crippen LogP contribution in [0.3, 0.4) is 0 Å². The van der Waals surface area contributed by atoms with Gasteiger partial charge in [0, 0.05) is 10.1 Å². The van der Waals surface area contributed by atoms with Gasteiger partial charge in [0.1, 0.15) is 11.6 Å². The van der Waals surface area contributed by atoms with Crippen molar-refractivity contribution in [3.8, 4) is 5.75 Å². The molecule has 5 heteroatoms. The molecule has 0 radical (unpaired) electrons. The fourth-order valence-electron chi connectivity index (χ4n) is 2.24. The lowest BCUT2D eigenvalue weighted by Gasteiger charge is -2.10. The number of carbonyl (C=O) groups excluding carboxylic acids is 1. The SMILES string of the molecule is COc1ccc(C)cc1NC(=O)c1cc2c(F)cccc2s1. The highest BCUT2D eigenvalue weighted by molar-refractivity contribution is 7.20. The molecule has 112 valence electrons. The molecule has 0 unspecified atom stereocenters. The highest BCUT2D eigenvalue weighted by Crippen LogP contribution is 2.30. The molecule has 0 bridgehead atoms.